The van der Waals surface area contributed by atoms with Crippen LogP contribution in [0.15, 0.2) is 0 Å². The smallest absolute Gasteiger partial charge is 0.306 e. The largest absolute Gasteiger partial charge is 0.481 e. The summed E-state index contributed by atoms with van der Waals surface area (Å²) in [5.74, 6) is -1.26. The molecule has 1 saturated heterocycles. The Bertz CT molecular complexity index is 327. The van der Waals surface area contributed by atoms with E-state index in [9.17, 15) is 9.59 Å². The average Bonchev–Trinajstić information content (AvgIpc) is 2.81. The molecule has 0 aromatic rings. The van der Waals surface area contributed by atoms with E-state index >= 15 is 0 Å². The van der Waals surface area contributed by atoms with Gasteiger partial charge in [0.05, 0.1) is 5.92 Å². The number of aliphatic carboxylic acids is 1. The van der Waals surface area contributed by atoms with Crippen LogP contribution in [0.5, 0.6) is 0 Å². The summed E-state index contributed by atoms with van der Waals surface area (Å²) < 4.78 is 0. The monoisotopic (exact) mass is 255 g/mol. The highest BCUT2D eigenvalue weighted by molar-refractivity contribution is 5.80. The molecule has 1 aliphatic heterocycles. The summed E-state index contributed by atoms with van der Waals surface area (Å²) in [7, 11) is 2.06. The molecule has 1 amide bonds. The Labute approximate surface area is 107 Å². The molecule has 6 nitrogen and oxygen atoms in total. The van der Waals surface area contributed by atoms with Gasteiger partial charge in [0.25, 0.3) is 0 Å². The van der Waals surface area contributed by atoms with Crippen LogP contribution in [0.3, 0.4) is 0 Å². The van der Waals surface area contributed by atoms with E-state index in [1.54, 1.807) is 0 Å². The molecule has 0 radical (unpaired) electrons. The van der Waals surface area contributed by atoms with Crippen LogP contribution in [0, 0.1) is 11.8 Å². The number of carboxylic acid groups (broad SMARTS) is 1. The van der Waals surface area contributed by atoms with Crippen molar-refractivity contribution < 1.29 is 14.7 Å². The van der Waals surface area contributed by atoms with Crippen molar-refractivity contribution in [2.45, 2.75) is 19.3 Å². The highest BCUT2D eigenvalue weighted by Gasteiger charge is 2.34. The molecule has 2 aliphatic rings. The maximum absolute atomic E-state index is 12.0. The van der Waals surface area contributed by atoms with E-state index in [-0.39, 0.29) is 17.7 Å². The number of carbonyl (C=O) groups excluding carboxylic acids is 1. The number of carboxylic acids is 1. The second-order valence-electron chi connectivity index (χ2n) is 5.31. The second kappa shape index (κ2) is 5.67. The Morgan fingerprint density at radius 2 is 1.72 bits per heavy atom. The summed E-state index contributed by atoms with van der Waals surface area (Å²) in [4.78, 5) is 25.1. The minimum absolute atomic E-state index is 0.0108. The van der Waals surface area contributed by atoms with Gasteiger partial charge in [-0.2, -0.15) is 0 Å². The van der Waals surface area contributed by atoms with Crippen LogP contribution in [-0.4, -0.2) is 60.1 Å². The van der Waals surface area contributed by atoms with Gasteiger partial charge >= 0.3 is 5.97 Å². The van der Waals surface area contributed by atoms with Crippen molar-refractivity contribution >= 4 is 11.9 Å². The van der Waals surface area contributed by atoms with Crippen LogP contribution in [0.4, 0.5) is 0 Å². The zero-order valence-electron chi connectivity index (χ0n) is 10.8. The van der Waals surface area contributed by atoms with Crippen LogP contribution < -0.4 is 5.43 Å². The molecule has 2 N–H and O–H groups in total. The number of amides is 1. The Hall–Kier alpha value is -1.14. The van der Waals surface area contributed by atoms with Crippen molar-refractivity contribution in [1.29, 1.82) is 0 Å². The van der Waals surface area contributed by atoms with Gasteiger partial charge in [-0.25, -0.2) is 5.01 Å². The van der Waals surface area contributed by atoms with Gasteiger partial charge in [-0.15, -0.1) is 0 Å². The fourth-order valence-corrected chi connectivity index (χ4v) is 2.61. The number of hydrogen-bond donors (Lipinski definition) is 2. The van der Waals surface area contributed by atoms with Gasteiger partial charge < -0.3 is 10.0 Å². The van der Waals surface area contributed by atoms with Gasteiger partial charge in [0, 0.05) is 32.1 Å². The standard InChI is InChI=1S/C12H21N3O3/c1-14-4-6-15(7-5-14)13-11(16)9-2-3-10(8-9)12(17)18/h9-10H,2-8H2,1H3,(H,13,16)(H,17,18). The lowest BCUT2D eigenvalue weighted by atomic mass is 10.0. The predicted octanol–water partition coefficient (Wildman–Crippen LogP) is -0.234. The first kappa shape index (κ1) is 13.3. The van der Waals surface area contributed by atoms with Crippen LogP contribution in [0.1, 0.15) is 19.3 Å². The van der Waals surface area contributed by atoms with E-state index < -0.39 is 5.97 Å². The van der Waals surface area contributed by atoms with Crippen molar-refractivity contribution in [3.8, 4) is 0 Å². The molecule has 0 bridgehead atoms. The molecule has 1 heterocycles. The summed E-state index contributed by atoms with van der Waals surface area (Å²) in [6, 6.07) is 0. The van der Waals surface area contributed by atoms with Crippen molar-refractivity contribution in [3.05, 3.63) is 0 Å². The number of piperazine rings is 1. The molecule has 2 atom stereocenters. The van der Waals surface area contributed by atoms with E-state index in [4.69, 9.17) is 5.11 Å². The second-order valence-corrected chi connectivity index (χ2v) is 5.31. The first-order valence-corrected chi connectivity index (χ1v) is 6.53. The Balaban J connectivity index is 1.77. The van der Waals surface area contributed by atoms with Crippen molar-refractivity contribution in [3.63, 3.8) is 0 Å². The summed E-state index contributed by atoms with van der Waals surface area (Å²) in [5, 5.41) is 10.9. The zero-order valence-corrected chi connectivity index (χ0v) is 10.8. The van der Waals surface area contributed by atoms with Crippen molar-refractivity contribution in [1.82, 2.24) is 15.3 Å². The molecule has 2 rings (SSSR count). The SMILES string of the molecule is CN1CCN(NC(=O)C2CCC(C(=O)O)C2)CC1. The average molecular weight is 255 g/mol. The molecule has 1 saturated carbocycles. The molecule has 0 aromatic carbocycles. The van der Waals surface area contributed by atoms with E-state index in [0.717, 1.165) is 26.2 Å². The number of hydrogen-bond acceptors (Lipinski definition) is 4. The lowest BCUT2D eigenvalue weighted by Crippen LogP contribution is -2.53. The fraction of sp³-hybridized carbons (Fsp3) is 0.833. The lowest BCUT2D eigenvalue weighted by molar-refractivity contribution is -0.141. The molecular formula is C12H21N3O3. The highest BCUT2D eigenvalue weighted by Crippen LogP contribution is 2.31. The minimum atomic E-state index is -0.773. The third kappa shape index (κ3) is 3.20. The first-order chi connectivity index (χ1) is 8.56. The molecule has 6 heteroatoms. The minimum Gasteiger partial charge on any atom is -0.481 e. The number of nitrogens with zero attached hydrogens (tertiary/aromatic N) is 2. The van der Waals surface area contributed by atoms with Gasteiger partial charge in [0.2, 0.25) is 5.91 Å². The Morgan fingerprint density at radius 3 is 2.28 bits per heavy atom. The molecular weight excluding hydrogens is 234 g/mol. The molecule has 0 spiro atoms. The summed E-state index contributed by atoms with van der Waals surface area (Å²) in [5.41, 5.74) is 2.92. The van der Waals surface area contributed by atoms with Crippen LogP contribution in [-0.2, 0) is 9.59 Å². The van der Waals surface area contributed by atoms with Gasteiger partial charge in [-0.1, -0.05) is 0 Å². The summed E-state index contributed by atoms with van der Waals surface area (Å²) in [6.07, 6.45) is 1.79. The third-order valence-corrected chi connectivity index (χ3v) is 3.92. The Kier molecular flexibility index (Phi) is 4.19. The maximum atomic E-state index is 12.0. The molecule has 2 fully saturated rings. The molecule has 102 valence electrons. The number of carbonyl (C=O) groups is 2. The number of nitrogens with one attached hydrogen (secondary N) is 1. The lowest BCUT2D eigenvalue weighted by Gasteiger charge is -2.33. The number of hydrazine groups is 1. The van der Waals surface area contributed by atoms with Crippen molar-refractivity contribution in [2.75, 3.05) is 33.2 Å². The van der Waals surface area contributed by atoms with E-state index in [1.165, 1.54) is 0 Å². The zero-order chi connectivity index (χ0) is 13.1. The van der Waals surface area contributed by atoms with Gasteiger partial charge in [0.1, 0.15) is 0 Å². The van der Waals surface area contributed by atoms with Crippen molar-refractivity contribution in [2.24, 2.45) is 11.8 Å². The van der Waals surface area contributed by atoms with Gasteiger partial charge in [-0.3, -0.25) is 15.0 Å². The van der Waals surface area contributed by atoms with Crippen LogP contribution in [0.2, 0.25) is 0 Å². The summed E-state index contributed by atoms with van der Waals surface area (Å²) >= 11 is 0. The van der Waals surface area contributed by atoms with Gasteiger partial charge in [0.15, 0.2) is 0 Å². The third-order valence-electron chi connectivity index (χ3n) is 3.92. The normalized spacial score (nSPS) is 30.3. The molecule has 0 aromatic heterocycles. The first-order valence-electron chi connectivity index (χ1n) is 6.53. The maximum Gasteiger partial charge on any atom is 0.306 e. The van der Waals surface area contributed by atoms with E-state index in [0.29, 0.717) is 19.3 Å². The summed E-state index contributed by atoms with van der Waals surface area (Å²) in [6.45, 7) is 3.56. The van der Waals surface area contributed by atoms with Crippen LogP contribution in [0.25, 0.3) is 0 Å². The quantitative estimate of drug-likeness (QED) is 0.728. The topological polar surface area (TPSA) is 72.9 Å². The van der Waals surface area contributed by atoms with E-state index in [1.807, 2.05) is 5.01 Å². The van der Waals surface area contributed by atoms with Gasteiger partial charge in [-0.05, 0) is 26.3 Å². The predicted molar refractivity (Wildman–Crippen MR) is 65.7 cm³/mol. The highest BCUT2D eigenvalue weighted by atomic mass is 16.4. The number of rotatable bonds is 3. The fourth-order valence-electron chi connectivity index (χ4n) is 2.61. The Morgan fingerprint density at radius 1 is 1.11 bits per heavy atom. The number of likely N-dealkylation sites (N-methyl/N-ethyl adjacent to an activating group) is 1. The molecule has 2 unspecified atom stereocenters. The van der Waals surface area contributed by atoms with Crippen LogP contribution >= 0.6 is 0 Å². The molecule has 18 heavy (non-hydrogen) atoms. The molecule has 1 aliphatic carbocycles. The van der Waals surface area contributed by atoms with E-state index in [2.05, 4.69) is 17.4 Å².